The van der Waals surface area contributed by atoms with Gasteiger partial charge in [0.2, 0.25) is 0 Å². The van der Waals surface area contributed by atoms with Crippen LogP contribution in [0.25, 0.3) is 0 Å². The van der Waals surface area contributed by atoms with Crippen LogP contribution in [0, 0.1) is 6.92 Å². The third-order valence-corrected chi connectivity index (χ3v) is 2.26. The summed E-state index contributed by atoms with van der Waals surface area (Å²) < 4.78 is 0. The van der Waals surface area contributed by atoms with Gasteiger partial charge in [-0.2, -0.15) is 0 Å². The van der Waals surface area contributed by atoms with E-state index in [4.69, 9.17) is 4.79 Å². The maximum atomic E-state index is 11.4. The summed E-state index contributed by atoms with van der Waals surface area (Å²) in [6.07, 6.45) is 0.750. The van der Waals surface area contributed by atoms with Crippen molar-refractivity contribution in [1.82, 2.24) is 0 Å². The molecule has 4 heteroatoms. The Hall–Kier alpha value is -1.97. The highest BCUT2D eigenvalue weighted by Gasteiger charge is 2.32. The molecular weight excluding hydrogens is 206 g/mol. The molecule has 1 aliphatic rings. The average molecular weight is 219 g/mol. The first-order valence-corrected chi connectivity index (χ1v) is 4.85. The number of anilines is 1. The van der Waals surface area contributed by atoms with Gasteiger partial charge in [0.05, 0.1) is 11.3 Å². The standard InChI is InChI=1S/C10H9NO2.C2H4O/c1-6-3-4-8-7(5-6)9(12)10(13)11(8)2;1-2-3/h3-5H,1-2H3;2H,1H3. The molecule has 1 aliphatic heterocycles. The highest BCUT2D eigenvalue weighted by Crippen LogP contribution is 2.27. The van der Waals surface area contributed by atoms with Crippen LogP contribution in [0.3, 0.4) is 0 Å². The zero-order chi connectivity index (χ0) is 12.3. The number of carbonyl (C=O) groups excluding carboxylic acids is 3. The molecule has 0 fully saturated rings. The number of hydrogen-bond acceptors (Lipinski definition) is 3. The third kappa shape index (κ3) is 2.00. The number of Topliss-reactive ketones (excluding diaryl/α,β-unsaturated/α-hetero) is 1. The Kier molecular flexibility index (Phi) is 3.55. The van der Waals surface area contributed by atoms with Gasteiger partial charge in [-0.1, -0.05) is 11.6 Å². The second-order valence-electron chi connectivity index (χ2n) is 3.45. The molecule has 0 saturated heterocycles. The fourth-order valence-corrected chi connectivity index (χ4v) is 1.50. The average Bonchev–Trinajstić information content (AvgIpc) is 2.45. The molecule has 0 spiro atoms. The summed E-state index contributed by atoms with van der Waals surface area (Å²) in [5.74, 6) is -0.846. The lowest BCUT2D eigenvalue weighted by Gasteiger charge is -2.07. The lowest BCUT2D eigenvalue weighted by atomic mass is 10.1. The molecule has 1 heterocycles. The molecule has 0 atom stereocenters. The fourth-order valence-electron chi connectivity index (χ4n) is 1.50. The molecule has 1 amide bonds. The van der Waals surface area contributed by atoms with Gasteiger partial charge in [0.25, 0.3) is 11.7 Å². The first kappa shape index (κ1) is 12.1. The molecule has 2 rings (SSSR count). The number of benzene rings is 1. The highest BCUT2D eigenvalue weighted by atomic mass is 16.2. The summed E-state index contributed by atoms with van der Waals surface area (Å²) in [7, 11) is 1.61. The molecule has 0 unspecified atom stereocenters. The molecule has 4 nitrogen and oxygen atoms in total. The minimum Gasteiger partial charge on any atom is -0.308 e. The predicted molar refractivity (Wildman–Crippen MR) is 60.7 cm³/mol. The van der Waals surface area contributed by atoms with E-state index in [1.54, 1.807) is 19.2 Å². The minimum absolute atomic E-state index is 0.402. The summed E-state index contributed by atoms with van der Waals surface area (Å²) in [6, 6.07) is 5.44. The first-order valence-electron chi connectivity index (χ1n) is 4.85. The SMILES string of the molecule is CC=O.Cc1ccc2c(c1)C(=O)C(=O)N2C. The number of aldehydes is 1. The van der Waals surface area contributed by atoms with Crippen LogP contribution < -0.4 is 4.90 Å². The molecule has 0 radical (unpaired) electrons. The molecule has 1 aromatic carbocycles. The Morgan fingerprint density at radius 1 is 1.25 bits per heavy atom. The van der Waals surface area contributed by atoms with Gasteiger partial charge in [0, 0.05) is 7.05 Å². The van der Waals surface area contributed by atoms with E-state index in [2.05, 4.69) is 0 Å². The maximum absolute atomic E-state index is 11.4. The van der Waals surface area contributed by atoms with Crippen LogP contribution in [0.1, 0.15) is 22.8 Å². The van der Waals surface area contributed by atoms with Crippen molar-refractivity contribution in [2.45, 2.75) is 13.8 Å². The van der Waals surface area contributed by atoms with E-state index in [1.165, 1.54) is 11.8 Å². The molecule has 0 bridgehead atoms. The Bertz CT molecular complexity index is 452. The van der Waals surface area contributed by atoms with Crippen LogP contribution >= 0.6 is 0 Å². The Morgan fingerprint density at radius 2 is 1.81 bits per heavy atom. The molecule has 16 heavy (non-hydrogen) atoms. The number of rotatable bonds is 0. The predicted octanol–water partition coefficient (Wildman–Crippen LogP) is 1.36. The van der Waals surface area contributed by atoms with Gasteiger partial charge in [-0.05, 0) is 26.0 Å². The molecule has 0 saturated carbocycles. The Balaban J connectivity index is 0.000000386. The van der Waals surface area contributed by atoms with Crippen LogP contribution in [0.4, 0.5) is 5.69 Å². The number of carbonyl (C=O) groups is 3. The van der Waals surface area contributed by atoms with Crippen LogP contribution in [0.15, 0.2) is 18.2 Å². The molecule has 84 valence electrons. The van der Waals surface area contributed by atoms with E-state index in [1.807, 2.05) is 13.0 Å². The topological polar surface area (TPSA) is 54.5 Å². The van der Waals surface area contributed by atoms with Crippen molar-refractivity contribution >= 4 is 23.7 Å². The largest absolute Gasteiger partial charge is 0.308 e. The van der Waals surface area contributed by atoms with Crippen molar-refractivity contribution in [2.75, 3.05) is 11.9 Å². The van der Waals surface area contributed by atoms with E-state index in [-0.39, 0.29) is 0 Å². The fraction of sp³-hybridized carbons (Fsp3) is 0.250. The molecule has 0 aromatic heterocycles. The molecule has 0 N–H and O–H groups in total. The first-order chi connectivity index (χ1) is 7.52. The van der Waals surface area contributed by atoms with Gasteiger partial charge >= 0.3 is 0 Å². The van der Waals surface area contributed by atoms with Crippen molar-refractivity contribution in [2.24, 2.45) is 0 Å². The van der Waals surface area contributed by atoms with Crippen molar-refractivity contribution in [3.63, 3.8) is 0 Å². The van der Waals surface area contributed by atoms with Crippen LogP contribution in [-0.2, 0) is 9.59 Å². The number of fused-ring (bicyclic) bond motifs is 1. The van der Waals surface area contributed by atoms with Crippen LogP contribution in [0.2, 0.25) is 0 Å². The third-order valence-electron chi connectivity index (χ3n) is 2.26. The van der Waals surface area contributed by atoms with Crippen molar-refractivity contribution in [3.8, 4) is 0 Å². The zero-order valence-corrected chi connectivity index (χ0v) is 9.48. The number of nitrogens with zero attached hydrogens (tertiary/aromatic N) is 1. The number of likely N-dealkylation sites (N-methyl/N-ethyl adjacent to an activating group) is 1. The van der Waals surface area contributed by atoms with Crippen molar-refractivity contribution < 1.29 is 14.4 Å². The van der Waals surface area contributed by atoms with Gasteiger partial charge in [0.15, 0.2) is 0 Å². The van der Waals surface area contributed by atoms with Gasteiger partial charge in [0.1, 0.15) is 6.29 Å². The maximum Gasteiger partial charge on any atom is 0.299 e. The van der Waals surface area contributed by atoms with Crippen LogP contribution in [0.5, 0.6) is 0 Å². The van der Waals surface area contributed by atoms with E-state index in [0.717, 1.165) is 11.8 Å². The highest BCUT2D eigenvalue weighted by molar-refractivity contribution is 6.52. The van der Waals surface area contributed by atoms with Gasteiger partial charge in [-0.15, -0.1) is 0 Å². The monoisotopic (exact) mass is 219 g/mol. The van der Waals surface area contributed by atoms with Gasteiger partial charge < -0.3 is 9.69 Å². The van der Waals surface area contributed by atoms with E-state index in [9.17, 15) is 9.59 Å². The second-order valence-corrected chi connectivity index (χ2v) is 3.45. The normalized spacial score (nSPS) is 13.1. The molecule has 0 aliphatic carbocycles. The van der Waals surface area contributed by atoms with Crippen molar-refractivity contribution in [1.29, 1.82) is 0 Å². The number of aryl methyl sites for hydroxylation is 1. The second kappa shape index (κ2) is 4.70. The summed E-state index contributed by atoms with van der Waals surface area (Å²) in [6.45, 7) is 3.34. The van der Waals surface area contributed by atoms with Gasteiger partial charge in [-0.25, -0.2) is 0 Å². The lowest BCUT2D eigenvalue weighted by molar-refractivity contribution is -0.114. The smallest absolute Gasteiger partial charge is 0.299 e. The van der Waals surface area contributed by atoms with Crippen LogP contribution in [-0.4, -0.2) is 25.0 Å². The minimum atomic E-state index is -0.444. The van der Waals surface area contributed by atoms with Gasteiger partial charge in [-0.3, -0.25) is 9.59 Å². The lowest BCUT2D eigenvalue weighted by Crippen LogP contribution is -2.24. The summed E-state index contributed by atoms with van der Waals surface area (Å²) in [4.78, 5) is 32.8. The van der Waals surface area contributed by atoms with E-state index in [0.29, 0.717) is 11.3 Å². The number of hydrogen-bond donors (Lipinski definition) is 0. The van der Waals surface area contributed by atoms with Crippen molar-refractivity contribution in [3.05, 3.63) is 29.3 Å². The molecule has 1 aromatic rings. The number of ketones is 1. The summed E-state index contributed by atoms with van der Waals surface area (Å²) in [5.41, 5.74) is 2.23. The summed E-state index contributed by atoms with van der Waals surface area (Å²) >= 11 is 0. The van der Waals surface area contributed by atoms with E-state index >= 15 is 0 Å². The quantitative estimate of drug-likeness (QED) is 0.489. The Morgan fingerprint density at radius 3 is 2.38 bits per heavy atom. The number of amides is 1. The van der Waals surface area contributed by atoms with E-state index < -0.39 is 11.7 Å². The zero-order valence-electron chi connectivity index (χ0n) is 9.48. The Labute approximate surface area is 93.9 Å². The molecular formula is C12H13NO3. The summed E-state index contributed by atoms with van der Waals surface area (Å²) in [5, 5.41) is 0.